The average molecular weight is 380 g/mol. The van der Waals surface area contributed by atoms with Crippen LogP contribution in [0, 0.1) is 11.7 Å². The molecule has 0 bridgehead atoms. The van der Waals surface area contributed by atoms with Gasteiger partial charge in [0.1, 0.15) is 5.82 Å². The Morgan fingerprint density at radius 3 is 2.44 bits per heavy atom. The van der Waals surface area contributed by atoms with Crippen molar-refractivity contribution in [3.63, 3.8) is 0 Å². The number of aromatic nitrogens is 3. The van der Waals surface area contributed by atoms with E-state index in [9.17, 15) is 22.4 Å². The lowest BCUT2D eigenvalue weighted by Gasteiger charge is -2.11. The topological polar surface area (TPSA) is 59.3 Å². The Morgan fingerprint density at radius 1 is 1.19 bits per heavy atom. The van der Waals surface area contributed by atoms with Crippen LogP contribution in [0.25, 0.3) is 16.9 Å². The molecule has 0 aliphatic rings. The highest BCUT2D eigenvalue weighted by atomic mass is 19.4. The molecule has 0 atom stereocenters. The van der Waals surface area contributed by atoms with E-state index in [-0.39, 0.29) is 23.0 Å². The Hall–Kier alpha value is -2.97. The number of rotatable bonds is 4. The summed E-state index contributed by atoms with van der Waals surface area (Å²) in [6, 6.07) is 6.95. The standard InChI is InChI=1S/C18H16F4N4O/c1-10(2)9-23-17(27)14-8-16-24-13(11-3-5-12(19)6-4-11)7-15(18(20,21)22)26(16)25-14/h3-8,10H,9H2,1-2H3,(H,23,27). The molecule has 3 aromatic rings. The lowest BCUT2D eigenvalue weighted by molar-refractivity contribution is -0.142. The fourth-order valence-corrected chi connectivity index (χ4v) is 2.44. The van der Waals surface area contributed by atoms with E-state index in [1.807, 2.05) is 13.8 Å². The summed E-state index contributed by atoms with van der Waals surface area (Å²) < 4.78 is 54.2. The maximum atomic E-state index is 13.5. The average Bonchev–Trinajstić information content (AvgIpc) is 3.02. The molecule has 2 aromatic heterocycles. The number of fused-ring (bicyclic) bond motifs is 1. The predicted molar refractivity (Wildman–Crippen MR) is 90.6 cm³/mol. The first-order valence-electron chi connectivity index (χ1n) is 8.17. The van der Waals surface area contributed by atoms with Gasteiger partial charge in [0.2, 0.25) is 0 Å². The van der Waals surface area contributed by atoms with Crippen LogP contribution in [-0.4, -0.2) is 27.0 Å². The number of alkyl halides is 3. The van der Waals surface area contributed by atoms with Crippen molar-refractivity contribution >= 4 is 11.6 Å². The molecule has 2 heterocycles. The normalized spacial score (nSPS) is 12.0. The van der Waals surface area contributed by atoms with Gasteiger partial charge in [-0.3, -0.25) is 4.79 Å². The van der Waals surface area contributed by atoms with Crippen LogP contribution in [-0.2, 0) is 6.18 Å². The van der Waals surface area contributed by atoms with Crippen LogP contribution in [0.4, 0.5) is 17.6 Å². The Kier molecular flexibility index (Phi) is 4.86. The monoisotopic (exact) mass is 380 g/mol. The van der Waals surface area contributed by atoms with Crippen LogP contribution in [0.15, 0.2) is 36.4 Å². The van der Waals surface area contributed by atoms with Gasteiger partial charge >= 0.3 is 6.18 Å². The molecule has 27 heavy (non-hydrogen) atoms. The largest absolute Gasteiger partial charge is 0.433 e. The van der Waals surface area contributed by atoms with Gasteiger partial charge in [-0.15, -0.1) is 0 Å². The molecular weight excluding hydrogens is 364 g/mol. The van der Waals surface area contributed by atoms with Crippen molar-refractivity contribution in [3.05, 3.63) is 53.6 Å². The van der Waals surface area contributed by atoms with Crippen molar-refractivity contribution < 1.29 is 22.4 Å². The minimum absolute atomic E-state index is 0.00358. The van der Waals surface area contributed by atoms with E-state index >= 15 is 0 Å². The smallest absolute Gasteiger partial charge is 0.350 e. The maximum Gasteiger partial charge on any atom is 0.433 e. The molecule has 9 heteroatoms. The third kappa shape index (κ3) is 4.07. The molecule has 0 unspecified atom stereocenters. The number of nitrogens with zero attached hydrogens (tertiary/aromatic N) is 3. The highest BCUT2D eigenvalue weighted by molar-refractivity contribution is 5.93. The number of benzene rings is 1. The minimum atomic E-state index is -4.71. The first kappa shape index (κ1) is 18.8. The third-order valence-corrected chi connectivity index (χ3v) is 3.76. The third-order valence-electron chi connectivity index (χ3n) is 3.76. The molecule has 0 spiro atoms. The van der Waals surface area contributed by atoms with Crippen molar-refractivity contribution in [2.45, 2.75) is 20.0 Å². The van der Waals surface area contributed by atoms with Crippen LogP contribution in [0.5, 0.6) is 0 Å². The van der Waals surface area contributed by atoms with Gasteiger partial charge in [0.05, 0.1) is 5.69 Å². The van der Waals surface area contributed by atoms with Crippen LogP contribution in [0.2, 0.25) is 0 Å². The zero-order chi connectivity index (χ0) is 19.8. The van der Waals surface area contributed by atoms with Gasteiger partial charge in [0, 0.05) is 18.2 Å². The fraction of sp³-hybridized carbons (Fsp3) is 0.278. The van der Waals surface area contributed by atoms with Gasteiger partial charge in [0.15, 0.2) is 17.0 Å². The summed E-state index contributed by atoms with van der Waals surface area (Å²) in [5.74, 6) is -0.907. The molecule has 0 radical (unpaired) electrons. The quantitative estimate of drug-likeness (QED) is 0.698. The number of carbonyl (C=O) groups excluding carboxylic acids is 1. The van der Waals surface area contributed by atoms with E-state index in [0.29, 0.717) is 16.6 Å². The zero-order valence-electron chi connectivity index (χ0n) is 14.5. The molecule has 0 aliphatic carbocycles. The summed E-state index contributed by atoms with van der Waals surface area (Å²) in [5, 5.41) is 6.37. The number of hydrogen-bond acceptors (Lipinski definition) is 3. The van der Waals surface area contributed by atoms with E-state index < -0.39 is 23.6 Å². The SMILES string of the molecule is CC(C)CNC(=O)c1cc2nc(-c3ccc(F)cc3)cc(C(F)(F)F)n2n1. The van der Waals surface area contributed by atoms with Gasteiger partial charge in [-0.05, 0) is 36.2 Å². The van der Waals surface area contributed by atoms with E-state index in [4.69, 9.17) is 0 Å². The minimum Gasteiger partial charge on any atom is -0.350 e. The molecule has 0 saturated heterocycles. The van der Waals surface area contributed by atoms with Crippen LogP contribution in [0.3, 0.4) is 0 Å². The van der Waals surface area contributed by atoms with Gasteiger partial charge < -0.3 is 5.32 Å². The highest BCUT2D eigenvalue weighted by Gasteiger charge is 2.35. The Morgan fingerprint density at radius 2 is 1.85 bits per heavy atom. The number of halogens is 4. The van der Waals surface area contributed by atoms with E-state index in [1.54, 1.807) is 0 Å². The second-order valence-corrected chi connectivity index (χ2v) is 6.43. The molecule has 3 rings (SSSR count). The lowest BCUT2D eigenvalue weighted by atomic mass is 10.1. The van der Waals surface area contributed by atoms with Crippen molar-refractivity contribution in [3.8, 4) is 11.3 Å². The van der Waals surface area contributed by atoms with E-state index in [2.05, 4.69) is 15.4 Å². The number of hydrogen-bond donors (Lipinski definition) is 1. The summed E-state index contributed by atoms with van der Waals surface area (Å²) in [6.07, 6.45) is -4.71. The van der Waals surface area contributed by atoms with Crippen LogP contribution < -0.4 is 5.32 Å². The van der Waals surface area contributed by atoms with Crippen molar-refractivity contribution in [2.75, 3.05) is 6.54 Å². The molecule has 0 aliphatic heterocycles. The Bertz CT molecular complexity index is 977. The van der Waals surface area contributed by atoms with E-state index in [0.717, 1.165) is 18.2 Å². The first-order chi connectivity index (χ1) is 12.6. The molecule has 0 fully saturated rings. The van der Waals surface area contributed by atoms with E-state index in [1.165, 1.54) is 18.2 Å². The molecule has 1 amide bonds. The summed E-state index contributed by atoms with van der Waals surface area (Å²) in [6.45, 7) is 4.15. The maximum absolute atomic E-state index is 13.5. The predicted octanol–water partition coefficient (Wildman–Crippen LogP) is 3.94. The first-order valence-corrected chi connectivity index (χ1v) is 8.17. The van der Waals surface area contributed by atoms with Gasteiger partial charge in [-0.1, -0.05) is 13.8 Å². The second kappa shape index (κ2) is 6.98. The molecule has 1 aromatic carbocycles. The zero-order valence-corrected chi connectivity index (χ0v) is 14.5. The molecule has 5 nitrogen and oxygen atoms in total. The Balaban J connectivity index is 2.10. The number of nitrogens with one attached hydrogen (secondary N) is 1. The van der Waals surface area contributed by atoms with Crippen molar-refractivity contribution in [1.82, 2.24) is 19.9 Å². The summed E-state index contributed by atoms with van der Waals surface area (Å²) in [4.78, 5) is 16.3. The van der Waals surface area contributed by atoms with Crippen LogP contribution in [0.1, 0.15) is 30.0 Å². The number of carbonyl (C=O) groups is 1. The van der Waals surface area contributed by atoms with Gasteiger partial charge in [-0.2, -0.15) is 18.3 Å². The van der Waals surface area contributed by atoms with Gasteiger partial charge in [-0.25, -0.2) is 13.9 Å². The molecule has 1 N–H and O–H groups in total. The van der Waals surface area contributed by atoms with Crippen molar-refractivity contribution in [1.29, 1.82) is 0 Å². The highest BCUT2D eigenvalue weighted by Crippen LogP contribution is 2.32. The van der Waals surface area contributed by atoms with Gasteiger partial charge in [0.25, 0.3) is 5.91 Å². The summed E-state index contributed by atoms with van der Waals surface area (Å²) in [5.41, 5.74) is -1.04. The van der Waals surface area contributed by atoms with Crippen LogP contribution >= 0.6 is 0 Å². The lowest BCUT2D eigenvalue weighted by Crippen LogP contribution is -2.27. The summed E-state index contributed by atoms with van der Waals surface area (Å²) in [7, 11) is 0. The molecular formula is C18H16F4N4O. The molecule has 142 valence electrons. The number of amides is 1. The molecule has 0 saturated carbocycles. The Labute approximate surface area is 152 Å². The van der Waals surface area contributed by atoms with Crippen molar-refractivity contribution in [2.24, 2.45) is 5.92 Å². The summed E-state index contributed by atoms with van der Waals surface area (Å²) >= 11 is 0. The second-order valence-electron chi connectivity index (χ2n) is 6.43. The fourth-order valence-electron chi connectivity index (χ4n) is 2.44.